The van der Waals surface area contributed by atoms with Crippen LogP contribution in [0.5, 0.6) is 0 Å². The van der Waals surface area contributed by atoms with Gasteiger partial charge in [-0.25, -0.2) is 8.42 Å². The molecular weight excluding hydrogens is 397 g/mol. The first-order valence-corrected chi connectivity index (χ1v) is 9.39. The minimum Gasteiger partial charge on any atom is -0.380 e. The van der Waals surface area contributed by atoms with Gasteiger partial charge in [-0.15, -0.1) is 0 Å². The molecule has 0 unspecified atom stereocenters. The summed E-state index contributed by atoms with van der Waals surface area (Å²) in [5.41, 5.74) is 1.57. The highest BCUT2D eigenvalue weighted by molar-refractivity contribution is 9.10. The molecule has 0 saturated carbocycles. The number of sulfone groups is 1. The standard InChI is InChI=1S/C14H12BrCl2NO2S/c1-21(19,20)10-3-5-13(17)14(7-10)18-8-9-2-4-12(16)11(15)6-9/h2-7,18H,8H2,1H3. The van der Waals surface area contributed by atoms with Crippen LogP contribution in [0.15, 0.2) is 45.8 Å². The molecule has 0 saturated heterocycles. The van der Waals surface area contributed by atoms with Crippen molar-refractivity contribution in [2.45, 2.75) is 11.4 Å². The van der Waals surface area contributed by atoms with Gasteiger partial charge in [0, 0.05) is 17.3 Å². The average Bonchev–Trinajstić information content (AvgIpc) is 2.40. The zero-order valence-corrected chi connectivity index (χ0v) is 14.9. The van der Waals surface area contributed by atoms with E-state index in [1.165, 1.54) is 12.1 Å². The summed E-state index contributed by atoms with van der Waals surface area (Å²) in [5, 5.41) is 4.23. The summed E-state index contributed by atoms with van der Waals surface area (Å²) in [6.07, 6.45) is 1.16. The highest BCUT2D eigenvalue weighted by Crippen LogP contribution is 2.27. The minimum atomic E-state index is -3.26. The van der Waals surface area contributed by atoms with E-state index < -0.39 is 9.84 Å². The number of halogens is 3. The minimum absolute atomic E-state index is 0.228. The van der Waals surface area contributed by atoms with Crippen molar-refractivity contribution in [3.05, 3.63) is 56.5 Å². The molecule has 0 aliphatic carbocycles. The molecule has 112 valence electrons. The van der Waals surface area contributed by atoms with Gasteiger partial charge in [0.25, 0.3) is 0 Å². The van der Waals surface area contributed by atoms with Crippen LogP contribution in [0.1, 0.15) is 5.56 Å². The van der Waals surface area contributed by atoms with Gasteiger partial charge in [-0.1, -0.05) is 29.3 Å². The Balaban J connectivity index is 2.21. The third-order valence-electron chi connectivity index (χ3n) is 2.83. The summed E-state index contributed by atoms with van der Waals surface area (Å²) < 4.78 is 23.9. The van der Waals surface area contributed by atoms with E-state index >= 15 is 0 Å². The van der Waals surface area contributed by atoms with Gasteiger partial charge in [-0.3, -0.25) is 0 Å². The zero-order valence-electron chi connectivity index (χ0n) is 11.0. The Labute approximate surface area is 142 Å². The Morgan fingerprint density at radius 2 is 1.76 bits per heavy atom. The molecule has 0 heterocycles. The zero-order chi connectivity index (χ0) is 15.6. The Bertz CT molecular complexity index is 779. The third-order valence-corrected chi connectivity index (χ3v) is 5.49. The highest BCUT2D eigenvalue weighted by Gasteiger charge is 2.10. The molecule has 2 rings (SSSR count). The van der Waals surface area contributed by atoms with Gasteiger partial charge in [-0.2, -0.15) is 0 Å². The molecule has 3 nitrogen and oxygen atoms in total. The molecular formula is C14H12BrCl2NO2S. The first-order chi connectivity index (χ1) is 9.77. The Morgan fingerprint density at radius 1 is 1.10 bits per heavy atom. The second kappa shape index (κ2) is 6.57. The molecule has 1 N–H and O–H groups in total. The van der Waals surface area contributed by atoms with E-state index in [1.807, 2.05) is 12.1 Å². The van der Waals surface area contributed by atoms with Crippen LogP contribution in [0.3, 0.4) is 0 Å². The fourth-order valence-corrected chi connectivity index (χ4v) is 3.09. The van der Waals surface area contributed by atoms with E-state index in [0.717, 1.165) is 16.3 Å². The quantitative estimate of drug-likeness (QED) is 0.792. The summed E-state index contributed by atoms with van der Waals surface area (Å²) in [4.78, 5) is 0.228. The van der Waals surface area contributed by atoms with Crippen LogP contribution in [0.2, 0.25) is 10.0 Å². The summed E-state index contributed by atoms with van der Waals surface area (Å²) in [7, 11) is -3.26. The molecule has 2 aromatic carbocycles. The molecule has 7 heteroatoms. The molecule has 0 aromatic heterocycles. The van der Waals surface area contributed by atoms with Crippen LogP contribution in [-0.2, 0) is 16.4 Å². The van der Waals surface area contributed by atoms with E-state index in [-0.39, 0.29) is 4.90 Å². The van der Waals surface area contributed by atoms with Gasteiger partial charge in [0.1, 0.15) is 0 Å². The predicted octanol–water partition coefficient (Wildman–Crippen LogP) is 4.77. The van der Waals surface area contributed by atoms with E-state index in [2.05, 4.69) is 21.2 Å². The smallest absolute Gasteiger partial charge is 0.175 e. The van der Waals surface area contributed by atoms with E-state index in [1.54, 1.807) is 12.1 Å². The molecule has 0 amide bonds. The second-order valence-corrected chi connectivity index (χ2v) is 8.20. The highest BCUT2D eigenvalue weighted by atomic mass is 79.9. The normalized spacial score (nSPS) is 11.4. The van der Waals surface area contributed by atoms with Crippen molar-refractivity contribution in [3.8, 4) is 0 Å². The number of hydrogen-bond acceptors (Lipinski definition) is 3. The first kappa shape index (κ1) is 16.6. The Morgan fingerprint density at radius 3 is 2.38 bits per heavy atom. The van der Waals surface area contributed by atoms with Crippen molar-refractivity contribution in [1.82, 2.24) is 0 Å². The SMILES string of the molecule is CS(=O)(=O)c1ccc(Cl)c(NCc2ccc(Cl)c(Br)c2)c1. The summed E-state index contributed by atoms with van der Waals surface area (Å²) in [5.74, 6) is 0. The lowest BCUT2D eigenvalue weighted by molar-refractivity contribution is 0.602. The van der Waals surface area contributed by atoms with Crippen molar-refractivity contribution in [2.24, 2.45) is 0 Å². The molecule has 0 radical (unpaired) electrons. The van der Waals surface area contributed by atoms with E-state index in [9.17, 15) is 8.42 Å². The van der Waals surface area contributed by atoms with E-state index in [0.29, 0.717) is 22.3 Å². The fraction of sp³-hybridized carbons (Fsp3) is 0.143. The topological polar surface area (TPSA) is 46.2 Å². The molecule has 0 bridgehead atoms. The van der Waals surface area contributed by atoms with Crippen molar-refractivity contribution in [2.75, 3.05) is 11.6 Å². The number of hydrogen-bond donors (Lipinski definition) is 1. The van der Waals surface area contributed by atoms with Crippen molar-refractivity contribution in [3.63, 3.8) is 0 Å². The number of anilines is 1. The Kier molecular flexibility index (Phi) is 5.20. The second-order valence-electron chi connectivity index (χ2n) is 4.52. The lowest BCUT2D eigenvalue weighted by Crippen LogP contribution is -2.03. The van der Waals surface area contributed by atoms with Crippen molar-refractivity contribution >= 4 is 54.7 Å². The van der Waals surface area contributed by atoms with Gasteiger partial charge in [0.05, 0.1) is 20.6 Å². The number of rotatable bonds is 4. The van der Waals surface area contributed by atoms with Gasteiger partial charge in [0.2, 0.25) is 0 Å². The molecule has 0 spiro atoms. The van der Waals surface area contributed by atoms with Crippen LogP contribution >= 0.6 is 39.1 Å². The maximum absolute atomic E-state index is 11.6. The van der Waals surface area contributed by atoms with Crippen LogP contribution in [0.25, 0.3) is 0 Å². The summed E-state index contributed by atoms with van der Waals surface area (Å²) in [6, 6.07) is 10.2. The lowest BCUT2D eigenvalue weighted by Gasteiger charge is -2.10. The molecule has 21 heavy (non-hydrogen) atoms. The van der Waals surface area contributed by atoms with Gasteiger partial charge >= 0.3 is 0 Å². The van der Waals surface area contributed by atoms with Crippen LogP contribution in [0.4, 0.5) is 5.69 Å². The van der Waals surface area contributed by atoms with Crippen LogP contribution in [-0.4, -0.2) is 14.7 Å². The maximum atomic E-state index is 11.6. The molecule has 0 aliphatic rings. The number of benzene rings is 2. The molecule has 0 atom stereocenters. The monoisotopic (exact) mass is 407 g/mol. The Hall–Kier alpha value is -0.750. The fourth-order valence-electron chi connectivity index (χ4n) is 1.72. The van der Waals surface area contributed by atoms with Gasteiger partial charge in [0.15, 0.2) is 9.84 Å². The van der Waals surface area contributed by atoms with Crippen LogP contribution < -0.4 is 5.32 Å². The van der Waals surface area contributed by atoms with E-state index in [4.69, 9.17) is 23.2 Å². The van der Waals surface area contributed by atoms with Crippen molar-refractivity contribution in [1.29, 1.82) is 0 Å². The third kappa shape index (κ3) is 4.36. The largest absolute Gasteiger partial charge is 0.380 e. The summed E-state index contributed by atoms with van der Waals surface area (Å²) in [6.45, 7) is 0.503. The first-order valence-electron chi connectivity index (χ1n) is 5.95. The molecule has 0 aliphatic heterocycles. The summed E-state index contributed by atoms with van der Waals surface area (Å²) >= 11 is 15.4. The molecule has 0 fully saturated rings. The number of nitrogens with one attached hydrogen (secondary N) is 1. The lowest BCUT2D eigenvalue weighted by atomic mass is 10.2. The molecule has 2 aromatic rings. The maximum Gasteiger partial charge on any atom is 0.175 e. The van der Waals surface area contributed by atoms with Gasteiger partial charge in [-0.05, 0) is 51.8 Å². The van der Waals surface area contributed by atoms with Crippen LogP contribution in [0, 0.1) is 0 Å². The average molecular weight is 409 g/mol. The predicted molar refractivity (Wildman–Crippen MR) is 91.0 cm³/mol. The van der Waals surface area contributed by atoms with Gasteiger partial charge < -0.3 is 5.32 Å². The van der Waals surface area contributed by atoms with Crippen molar-refractivity contribution < 1.29 is 8.42 Å².